The molecule has 0 radical (unpaired) electrons. The van der Waals surface area contributed by atoms with Crippen LogP contribution in [0.3, 0.4) is 0 Å². The zero-order chi connectivity index (χ0) is 18.1. The van der Waals surface area contributed by atoms with Crippen molar-refractivity contribution in [1.82, 2.24) is 0 Å². The van der Waals surface area contributed by atoms with Crippen LogP contribution in [0, 0.1) is 0 Å². The number of carbonyl (C=O) groups excluding carboxylic acids is 1. The van der Waals surface area contributed by atoms with Crippen LogP contribution in [0.4, 0.5) is 5.69 Å². The Balaban J connectivity index is 1.94. The second kappa shape index (κ2) is 9.81. The van der Waals surface area contributed by atoms with Crippen molar-refractivity contribution in [2.75, 3.05) is 11.9 Å². The lowest BCUT2D eigenvalue weighted by Crippen LogP contribution is -2.43. The first-order chi connectivity index (χ1) is 12.1. The monoisotopic (exact) mass is 347 g/mol. The van der Waals surface area contributed by atoms with Crippen LogP contribution in [0.2, 0.25) is 0 Å². The molecule has 1 N–H and O–H groups in total. The van der Waals surface area contributed by atoms with E-state index in [2.05, 4.69) is 19.2 Å². The Morgan fingerprint density at radius 1 is 1.16 bits per heavy atom. The Labute approximate surface area is 152 Å². The molecule has 1 atom stereocenters. The molecule has 1 aliphatic rings. The fourth-order valence-electron chi connectivity index (χ4n) is 3.17. The minimum Gasteiger partial charge on any atom is -0.490 e. The first kappa shape index (κ1) is 19.8. The van der Waals surface area contributed by atoms with Crippen molar-refractivity contribution in [1.29, 1.82) is 0 Å². The van der Waals surface area contributed by atoms with E-state index in [0.29, 0.717) is 12.7 Å². The quantitative estimate of drug-likeness (QED) is 0.623. The van der Waals surface area contributed by atoms with Gasteiger partial charge >= 0.3 is 0 Å². The number of ether oxygens (including phenoxy) is 2. The third-order valence-electron chi connectivity index (χ3n) is 4.83. The van der Waals surface area contributed by atoms with Crippen LogP contribution < -0.4 is 10.1 Å². The summed E-state index contributed by atoms with van der Waals surface area (Å²) in [6.45, 7) is 6.68. The van der Waals surface area contributed by atoms with E-state index >= 15 is 0 Å². The molecule has 2 rings (SSSR count). The van der Waals surface area contributed by atoms with Crippen molar-refractivity contribution in [3.63, 3.8) is 0 Å². The SMILES string of the molecule is CCCC[C@](C)(OCCC)C(=O)Nc1ccc(OC2CCCC2)cc1. The molecule has 0 spiro atoms. The standard InChI is InChI=1S/C21H33NO3/c1-4-6-15-21(3,24-16-5-2)20(23)22-17-11-13-19(14-12-17)25-18-9-7-8-10-18/h11-14,18H,4-10,15-16H2,1-3H3,(H,22,23)/t21-/m0/s1. The van der Waals surface area contributed by atoms with Gasteiger partial charge in [-0.15, -0.1) is 0 Å². The van der Waals surface area contributed by atoms with Gasteiger partial charge < -0.3 is 14.8 Å². The van der Waals surface area contributed by atoms with Gasteiger partial charge in [-0.1, -0.05) is 26.7 Å². The summed E-state index contributed by atoms with van der Waals surface area (Å²) in [7, 11) is 0. The molecule has 1 saturated carbocycles. The average Bonchev–Trinajstić information content (AvgIpc) is 3.13. The predicted octanol–water partition coefficient (Wildman–Crippen LogP) is 5.32. The van der Waals surface area contributed by atoms with Crippen LogP contribution in [0.5, 0.6) is 5.75 Å². The van der Waals surface area contributed by atoms with Crippen molar-refractivity contribution in [2.24, 2.45) is 0 Å². The number of hydrogen-bond donors (Lipinski definition) is 1. The van der Waals surface area contributed by atoms with Crippen molar-refractivity contribution < 1.29 is 14.3 Å². The molecular weight excluding hydrogens is 314 g/mol. The highest BCUT2D eigenvalue weighted by atomic mass is 16.5. The topological polar surface area (TPSA) is 47.6 Å². The number of anilines is 1. The summed E-state index contributed by atoms with van der Waals surface area (Å²) >= 11 is 0. The second-order valence-corrected chi connectivity index (χ2v) is 7.19. The van der Waals surface area contributed by atoms with Gasteiger partial charge in [0.1, 0.15) is 11.4 Å². The average molecular weight is 347 g/mol. The molecule has 1 amide bonds. The number of carbonyl (C=O) groups is 1. The fourth-order valence-corrected chi connectivity index (χ4v) is 3.17. The Kier molecular flexibility index (Phi) is 7.76. The highest BCUT2D eigenvalue weighted by Crippen LogP contribution is 2.26. The molecular formula is C21H33NO3. The van der Waals surface area contributed by atoms with Crippen molar-refractivity contribution in [3.8, 4) is 5.75 Å². The maximum atomic E-state index is 12.7. The molecule has 25 heavy (non-hydrogen) atoms. The highest BCUT2D eigenvalue weighted by Gasteiger charge is 2.33. The smallest absolute Gasteiger partial charge is 0.256 e. The summed E-state index contributed by atoms with van der Waals surface area (Å²) in [6.07, 6.45) is 8.81. The predicted molar refractivity (Wildman–Crippen MR) is 102 cm³/mol. The maximum absolute atomic E-state index is 12.7. The van der Waals surface area contributed by atoms with Crippen LogP contribution in [0.15, 0.2) is 24.3 Å². The first-order valence-corrected chi connectivity index (χ1v) is 9.79. The second-order valence-electron chi connectivity index (χ2n) is 7.19. The molecule has 0 aromatic heterocycles. The van der Waals surface area contributed by atoms with Gasteiger partial charge in [0.15, 0.2) is 0 Å². The fraction of sp³-hybridized carbons (Fsp3) is 0.667. The minimum absolute atomic E-state index is 0.0705. The lowest BCUT2D eigenvalue weighted by atomic mass is 9.97. The molecule has 0 bridgehead atoms. The maximum Gasteiger partial charge on any atom is 0.256 e. The molecule has 1 aromatic carbocycles. The largest absolute Gasteiger partial charge is 0.490 e. The van der Waals surface area contributed by atoms with Crippen LogP contribution in [-0.2, 0) is 9.53 Å². The zero-order valence-electron chi connectivity index (χ0n) is 16.0. The summed E-state index contributed by atoms with van der Waals surface area (Å²) < 4.78 is 11.9. The first-order valence-electron chi connectivity index (χ1n) is 9.79. The lowest BCUT2D eigenvalue weighted by molar-refractivity contribution is -0.140. The molecule has 4 heteroatoms. The third-order valence-corrected chi connectivity index (χ3v) is 4.83. The van der Waals surface area contributed by atoms with Crippen LogP contribution >= 0.6 is 0 Å². The third kappa shape index (κ3) is 6.03. The van der Waals surface area contributed by atoms with Crippen molar-refractivity contribution >= 4 is 11.6 Å². The minimum atomic E-state index is -0.773. The van der Waals surface area contributed by atoms with E-state index < -0.39 is 5.60 Å². The van der Waals surface area contributed by atoms with Gasteiger partial charge in [0.2, 0.25) is 0 Å². The van der Waals surface area contributed by atoms with Gasteiger partial charge in [-0.05, 0) is 69.7 Å². The Bertz CT molecular complexity index is 512. The lowest BCUT2D eigenvalue weighted by Gasteiger charge is -2.28. The van der Waals surface area contributed by atoms with Crippen LogP contribution in [-0.4, -0.2) is 24.2 Å². The summed E-state index contributed by atoms with van der Waals surface area (Å²) in [6, 6.07) is 7.68. The van der Waals surface area contributed by atoms with Crippen LogP contribution in [0.1, 0.15) is 72.1 Å². The van der Waals surface area contributed by atoms with Gasteiger partial charge in [-0.2, -0.15) is 0 Å². The zero-order valence-corrected chi connectivity index (χ0v) is 16.0. The molecule has 0 heterocycles. The normalized spacial score (nSPS) is 17.2. The molecule has 0 aliphatic heterocycles. The molecule has 1 aromatic rings. The number of rotatable bonds is 10. The van der Waals surface area contributed by atoms with Gasteiger partial charge in [-0.3, -0.25) is 4.79 Å². The molecule has 1 aliphatic carbocycles. The van der Waals surface area contributed by atoms with Gasteiger partial charge in [0, 0.05) is 12.3 Å². The van der Waals surface area contributed by atoms with E-state index in [1.54, 1.807) is 0 Å². The Hall–Kier alpha value is -1.55. The molecule has 0 unspecified atom stereocenters. The number of amides is 1. The molecule has 0 saturated heterocycles. The van der Waals surface area contributed by atoms with Gasteiger partial charge in [0.25, 0.3) is 5.91 Å². The number of benzene rings is 1. The number of hydrogen-bond acceptors (Lipinski definition) is 3. The van der Waals surface area contributed by atoms with Gasteiger partial charge in [-0.25, -0.2) is 0 Å². The van der Waals surface area contributed by atoms with Crippen molar-refractivity contribution in [3.05, 3.63) is 24.3 Å². The summed E-state index contributed by atoms with van der Waals surface area (Å²) in [5.74, 6) is 0.805. The van der Waals surface area contributed by atoms with E-state index in [9.17, 15) is 4.79 Å². The molecule has 4 nitrogen and oxygen atoms in total. The van der Waals surface area contributed by atoms with Crippen molar-refractivity contribution in [2.45, 2.75) is 83.8 Å². The summed E-state index contributed by atoms with van der Waals surface area (Å²) in [5.41, 5.74) is 0.0111. The van der Waals surface area contributed by atoms with E-state index in [4.69, 9.17) is 9.47 Å². The van der Waals surface area contributed by atoms with E-state index in [0.717, 1.165) is 50.0 Å². The molecule has 140 valence electrons. The van der Waals surface area contributed by atoms with E-state index in [1.807, 2.05) is 31.2 Å². The summed E-state index contributed by atoms with van der Waals surface area (Å²) in [4.78, 5) is 12.7. The number of nitrogens with one attached hydrogen (secondary N) is 1. The number of unbranched alkanes of at least 4 members (excludes halogenated alkanes) is 1. The molecule has 1 fully saturated rings. The van der Waals surface area contributed by atoms with Crippen LogP contribution in [0.25, 0.3) is 0 Å². The Morgan fingerprint density at radius 2 is 1.84 bits per heavy atom. The Morgan fingerprint density at radius 3 is 2.44 bits per heavy atom. The van der Waals surface area contributed by atoms with Gasteiger partial charge in [0.05, 0.1) is 6.10 Å². The van der Waals surface area contributed by atoms with E-state index in [1.165, 1.54) is 12.8 Å². The summed E-state index contributed by atoms with van der Waals surface area (Å²) in [5, 5.41) is 3.00. The highest BCUT2D eigenvalue weighted by molar-refractivity contribution is 5.97. The van der Waals surface area contributed by atoms with E-state index in [-0.39, 0.29) is 5.91 Å².